The van der Waals surface area contributed by atoms with E-state index in [1.807, 2.05) is 60.8 Å². The highest BCUT2D eigenvalue weighted by Crippen LogP contribution is 2.30. The van der Waals surface area contributed by atoms with Gasteiger partial charge in [-0.1, -0.05) is 42.5 Å². The fraction of sp³-hybridized carbons (Fsp3) is 0.333. The topological polar surface area (TPSA) is 93.2 Å². The molecule has 0 atom stereocenters. The second-order valence-electron chi connectivity index (χ2n) is 8.48. The van der Waals surface area contributed by atoms with Crippen molar-refractivity contribution >= 4 is 17.7 Å². The normalized spacial score (nSPS) is 12.5. The van der Waals surface area contributed by atoms with Crippen LogP contribution in [-0.4, -0.2) is 28.7 Å². The van der Waals surface area contributed by atoms with Crippen LogP contribution in [0.2, 0.25) is 0 Å². The summed E-state index contributed by atoms with van der Waals surface area (Å²) in [6, 6.07) is 17.3. The third-order valence-corrected chi connectivity index (χ3v) is 5.90. The quantitative estimate of drug-likeness (QED) is 0.437. The molecule has 2 N–H and O–H groups in total. The molecule has 7 nitrogen and oxygen atoms in total. The highest BCUT2D eigenvalue weighted by atomic mass is 16.5. The second kappa shape index (κ2) is 11.9. The predicted molar refractivity (Wildman–Crippen MR) is 131 cm³/mol. The minimum absolute atomic E-state index is 0.0509. The van der Waals surface area contributed by atoms with E-state index in [1.54, 1.807) is 0 Å². The van der Waals surface area contributed by atoms with Crippen molar-refractivity contribution in [1.29, 1.82) is 0 Å². The van der Waals surface area contributed by atoms with E-state index in [1.165, 1.54) is 24.0 Å². The first-order valence-electron chi connectivity index (χ1n) is 11.9. The van der Waals surface area contributed by atoms with Crippen LogP contribution in [0, 0.1) is 0 Å². The Morgan fingerprint density at radius 2 is 1.82 bits per heavy atom. The lowest BCUT2D eigenvalue weighted by atomic mass is 9.90. The molecule has 0 saturated heterocycles. The number of rotatable bonds is 9. The molecule has 3 aromatic rings. The van der Waals surface area contributed by atoms with E-state index in [0.717, 1.165) is 35.3 Å². The van der Waals surface area contributed by atoms with Gasteiger partial charge in [0.1, 0.15) is 6.61 Å². The average molecular weight is 459 g/mol. The van der Waals surface area contributed by atoms with Crippen LogP contribution in [-0.2, 0) is 29.0 Å². The SMILES string of the molecule is O=C(CCCCNC(=O)OCc1ccccc1)Nc1cccc(-c2nncc3c2CCCC3)c1. The number of aryl methyl sites for hydroxylation is 1. The maximum atomic E-state index is 12.4. The Morgan fingerprint density at radius 3 is 2.71 bits per heavy atom. The molecule has 0 fully saturated rings. The highest BCUT2D eigenvalue weighted by Gasteiger charge is 2.16. The molecule has 0 spiro atoms. The van der Waals surface area contributed by atoms with Crippen molar-refractivity contribution in [2.24, 2.45) is 0 Å². The Balaban J connectivity index is 1.19. The maximum Gasteiger partial charge on any atom is 0.407 e. The fourth-order valence-corrected chi connectivity index (χ4v) is 4.13. The number of aromatic nitrogens is 2. The minimum atomic E-state index is -0.448. The molecule has 1 aromatic heterocycles. The molecule has 0 aliphatic heterocycles. The number of amides is 2. The summed E-state index contributed by atoms with van der Waals surface area (Å²) in [5.41, 5.74) is 6.14. The molecule has 1 heterocycles. The van der Waals surface area contributed by atoms with Crippen LogP contribution < -0.4 is 10.6 Å². The van der Waals surface area contributed by atoms with Gasteiger partial charge in [-0.3, -0.25) is 4.79 Å². The summed E-state index contributed by atoms with van der Waals surface area (Å²) in [6.45, 7) is 0.708. The van der Waals surface area contributed by atoms with Gasteiger partial charge in [-0.2, -0.15) is 10.2 Å². The lowest BCUT2D eigenvalue weighted by Crippen LogP contribution is -2.25. The Hall–Kier alpha value is -3.74. The Labute approximate surface area is 199 Å². The van der Waals surface area contributed by atoms with Crippen molar-refractivity contribution in [3.63, 3.8) is 0 Å². The van der Waals surface area contributed by atoms with Gasteiger partial charge in [0.05, 0.1) is 11.9 Å². The van der Waals surface area contributed by atoms with Crippen LogP contribution in [0.1, 0.15) is 48.8 Å². The summed E-state index contributed by atoms with van der Waals surface area (Å²) in [5, 5.41) is 14.3. The van der Waals surface area contributed by atoms with Crippen molar-refractivity contribution < 1.29 is 14.3 Å². The van der Waals surface area contributed by atoms with Crippen molar-refractivity contribution in [1.82, 2.24) is 15.5 Å². The van der Waals surface area contributed by atoms with Gasteiger partial charge in [0.15, 0.2) is 0 Å². The molecular weight excluding hydrogens is 428 g/mol. The van der Waals surface area contributed by atoms with Crippen LogP contribution in [0.15, 0.2) is 60.8 Å². The summed E-state index contributed by atoms with van der Waals surface area (Å²) in [4.78, 5) is 24.2. The van der Waals surface area contributed by atoms with Gasteiger partial charge in [-0.15, -0.1) is 0 Å². The number of benzene rings is 2. The second-order valence-corrected chi connectivity index (χ2v) is 8.48. The predicted octanol–water partition coefficient (Wildman–Crippen LogP) is 5.06. The fourth-order valence-electron chi connectivity index (χ4n) is 4.13. The zero-order chi connectivity index (χ0) is 23.6. The van der Waals surface area contributed by atoms with E-state index >= 15 is 0 Å². The Kier molecular flexibility index (Phi) is 8.22. The summed E-state index contributed by atoms with van der Waals surface area (Å²) in [7, 11) is 0. The number of carbonyl (C=O) groups excluding carboxylic acids is 2. The van der Waals surface area contributed by atoms with Gasteiger partial charge in [0, 0.05) is 24.2 Å². The zero-order valence-corrected chi connectivity index (χ0v) is 19.3. The molecule has 0 saturated carbocycles. The average Bonchev–Trinajstić information content (AvgIpc) is 2.87. The van der Waals surface area contributed by atoms with Gasteiger partial charge in [0.25, 0.3) is 0 Å². The number of hydrogen-bond acceptors (Lipinski definition) is 5. The molecule has 2 amide bonds. The van der Waals surface area contributed by atoms with Gasteiger partial charge < -0.3 is 15.4 Å². The van der Waals surface area contributed by atoms with E-state index in [0.29, 0.717) is 25.8 Å². The number of nitrogens with zero attached hydrogens (tertiary/aromatic N) is 2. The maximum absolute atomic E-state index is 12.4. The molecule has 0 unspecified atom stereocenters. The number of nitrogens with one attached hydrogen (secondary N) is 2. The van der Waals surface area contributed by atoms with Crippen LogP contribution >= 0.6 is 0 Å². The van der Waals surface area contributed by atoms with Gasteiger partial charge in [-0.05, 0) is 67.3 Å². The first-order chi connectivity index (χ1) is 16.7. The molecule has 0 radical (unpaired) electrons. The first-order valence-corrected chi connectivity index (χ1v) is 11.9. The lowest BCUT2D eigenvalue weighted by molar-refractivity contribution is -0.116. The largest absolute Gasteiger partial charge is 0.445 e. The number of anilines is 1. The molecule has 34 heavy (non-hydrogen) atoms. The van der Waals surface area contributed by atoms with Crippen molar-refractivity contribution in [3.05, 3.63) is 77.5 Å². The number of alkyl carbamates (subject to hydrolysis) is 1. The van der Waals surface area contributed by atoms with Crippen LogP contribution in [0.4, 0.5) is 10.5 Å². The molecule has 2 aromatic carbocycles. The molecule has 1 aliphatic rings. The number of unbranched alkanes of at least 4 members (excludes halogenated alkanes) is 1. The van der Waals surface area contributed by atoms with E-state index in [-0.39, 0.29) is 12.5 Å². The monoisotopic (exact) mass is 458 g/mol. The summed E-state index contributed by atoms with van der Waals surface area (Å²) < 4.78 is 5.18. The number of ether oxygens (including phenoxy) is 1. The number of carbonyl (C=O) groups is 2. The summed E-state index contributed by atoms with van der Waals surface area (Å²) in [6.07, 6.45) is 7.60. The third kappa shape index (κ3) is 6.63. The van der Waals surface area contributed by atoms with E-state index in [2.05, 4.69) is 20.8 Å². The minimum Gasteiger partial charge on any atom is -0.445 e. The molecule has 4 rings (SSSR count). The number of hydrogen-bond donors (Lipinski definition) is 2. The molecule has 7 heteroatoms. The molecule has 176 valence electrons. The van der Waals surface area contributed by atoms with Gasteiger partial charge in [0.2, 0.25) is 5.91 Å². The Morgan fingerprint density at radius 1 is 0.971 bits per heavy atom. The Bertz CT molecular complexity index is 1120. The van der Waals surface area contributed by atoms with Crippen LogP contribution in [0.25, 0.3) is 11.3 Å². The smallest absolute Gasteiger partial charge is 0.407 e. The van der Waals surface area contributed by atoms with Crippen LogP contribution in [0.5, 0.6) is 0 Å². The molecule has 0 bridgehead atoms. The van der Waals surface area contributed by atoms with Gasteiger partial charge >= 0.3 is 6.09 Å². The van der Waals surface area contributed by atoms with E-state index < -0.39 is 6.09 Å². The van der Waals surface area contributed by atoms with Gasteiger partial charge in [-0.25, -0.2) is 4.79 Å². The third-order valence-electron chi connectivity index (χ3n) is 5.90. The summed E-state index contributed by atoms with van der Waals surface area (Å²) >= 11 is 0. The molecule has 1 aliphatic carbocycles. The number of fused-ring (bicyclic) bond motifs is 1. The first kappa shape index (κ1) is 23.4. The zero-order valence-electron chi connectivity index (χ0n) is 19.3. The van der Waals surface area contributed by atoms with Crippen molar-refractivity contribution in [3.8, 4) is 11.3 Å². The van der Waals surface area contributed by atoms with E-state index in [9.17, 15) is 9.59 Å². The van der Waals surface area contributed by atoms with Crippen LogP contribution in [0.3, 0.4) is 0 Å². The summed E-state index contributed by atoms with van der Waals surface area (Å²) in [5.74, 6) is -0.0509. The standard InChI is InChI=1S/C27H30N4O3/c32-25(15-6-7-16-28-27(33)34-19-20-9-2-1-3-10-20)30-23-13-8-12-21(17-23)26-24-14-5-4-11-22(24)18-29-31-26/h1-3,8-10,12-13,17-18H,4-7,11,14-16,19H2,(H,28,33)(H,30,32). The highest BCUT2D eigenvalue weighted by molar-refractivity contribution is 5.91. The van der Waals surface area contributed by atoms with Crippen molar-refractivity contribution in [2.75, 3.05) is 11.9 Å². The lowest BCUT2D eigenvalue weighted by Gasteiger charge is -2.18. The van der Waals surface area contributed by atoms with Crippen molar-refractivity contribution in [2.45, 2.75) is 51.6 Å². The van der Waals surface area contributed by atoms with E-state index in [4.69, 9.17) is 4.74 Å². The molecular formula is C27H30N4O3.